The first-order valence-corrected chi connectivity index (χ1v) is 8.28. The molecule has 1 rings (SSSR count). The molecule has 0 heterocycles. The van der Waals surface area contributed by atoms with Crippen LogP contribution in [0.1, 0.15) is 20.3 Å². The Labute approximate surface area is 125 Å². The molecule has 0 saturated heterocycles. The van der Waals surface area contributed by atoms with Crippen molar-refractivity contribution in [3.8, 4) is 0 Å². The van der Waals surface area contributed by atoms with Crippen LogP contribution in [0.3, 0.4) is 0 Å². The van der Waals surface area contributed by atoms with E-state index in [0.717, 1.165) is 6.42 Å². The lowest BCUT2D eigenvalue weighted by Crippen LogP contribution is -2.30. The number of amides is 1. The third-order valence-corrected chi connectivity index (χ3v) is 4.22. The first-order valence-electron chi connectivity index (χ1n) is 6.80. The number of nitrogens with one attached hydrogen (secondary N) is 3. The second-order valence-electron chi connectivity index (χ2n) is 4.45. The van der Waals surface area contributed by atoms with Gasteiger partial charge in [0.05, 0.1) is 22.8 Å². The number of hydrogen-bond acceptors (Lipinski definition) is 5. The molecule has 0 aliphatic rings. The number of sulfonamides is 1. The molecule has 0 atom stereocenters. The Morgan fingerprint density at radius 1 is 1.29 bits per heavy atom. The summed E-state index contributed by atoms with van der Waals surface area (Å²) in [5, 5.41) is 5.56. The van der Waals surface area contributed by atoms with E-state index in [9.17, 15) is 13.2 Å². The molecule has 0 bridgehead atoms. The minimum atomic E-state index is -3.55. The summed E-state index contributed by atoms with van der Waals surface area (Å²) in [5.74, 6) is -0.170. The average molecular weight is 314 g/mol. The number of hydrogen-bond donors (Lipinski definition) is 4. The highest BCUT2D eigenvalue weighted by Crippen LogP contribution is 2.22. The number of anilines is 2. The first-order chi connectivity index (χ1) is 9.90. The Hall–Kier alpha value is -1.80. The topological polar surface area (TPSA) is 113 Å². The van der Waals surface area contributed by atoms with E-state index >= 15 is 0 Å². The molecule has 0 unspecified atom stereocenters. The zero-order valence-electron chi connectivity index (χ0n) is 12.3. The maximum atomic E-state index is 11.9. The summed E-state index contributed by atoms with van der Waals surface area (Å²) in [6.07, 6.45) is 0.851. The molecule has 0 saturated carbocycles. The smallest absolute Gasteiger partial charge is 0.240 e. The largest absolute Gasteiger partial charge is 0.397 e. The van der Waals surface area contributed by atoms with E-state index in [2.05, 4.69) is 15.4 Å². The fraction of sp³-hybridized carbons (Fsp3) is 0.462. The van der Waals surface area contributed by atoms with Crippen molar-refractivity contribution in [2.45, 2.75) is 25.2 Å². The standard InChI is InChI=1S/C13H22N4O3S/c1-3-7-15-13(18)9-16-12-8-10(5-6-11(12)14)21(19,20)17-4-2/h5-6,8,16-17H,3-4,7,9,14H2,1-2H3,(H,15,18). The minimum absolute atomic E-state index is 0.0366. The summed E-state index contributed by atoms with van der Waals surface area (Å²) < 4.78 is 26.2. The van der Waals surface area contributed by atoms with Crippen LogP contribution in [0.25, 0.3) is 0 Å². The van der Waals surface area contributed by atoms with Crippen molar-refractivity contribution in [3.63, 3.8) is 0 Å². The third kappa shape index (κ3) is 5.24. The van der Waals surface area contributed by atoms with E-state index in [-0.39, 0.29) is 17.3 Å². The molecule has 8 heteroatoms. The summed E-state index contributed by atoms with van der Waals surface area (Å²) in [6, 6.07) is 4.34. The van der Waals surface area contributed by atoms with Gasteiger partial charge in [-0.2, -0.15) is 0 Å². The maximum Gasteiger partial charge on any atom is 0.240 e. The van der Waals surface area contributed by atoms with Crippen molar-refractivity contribution in [2.75, 3.05) is 30.7 Å². The predicted molar refractivity (Wildman–Crippen MR) is 83.5 cm³/mol. The van der Waals surface area contributed by atoms with Crippen molar-refractivity contribution in [1.29, 1.82) is 0 Å². The van der Waals surface area contributed by atoms with Gasteiger partial charge in [-0.3, -0.25) is 4.79 Å². The van der Waals surface area contributed by atoms with Crippen LogP contribution in [0.5, 0.6) is 0 Å². The molecule has 0 spiro atoms. The first kappa shape index (κ1) is 17.3. The number of benzene rings is 1. The molecule has 1 aromatic carbocycles. The molecule has 0 aliphatic heterocycles. The highest BCUT2D eigenvalue weighted by Gasteiger charge is 2.14. The van der Waals surface area contributed by atoms with Crippen molar-refractivity contribution >= 4 is 27.3 Å². The lowest BCUT2D eigenvalue weighted by atomic mass is 10.2. The van der Waals surface area contributed by atoms with Crippen molar-refractivity contribution in [1.82, 2.24) is 10.0 Å². The van der Waals surface area contributed by atoms with Crippen LogP contribution in [0.15, 0.2) is 23.1 Å². The van der Waals surface area contributed by atoms with Gasteiger partial charge in [-0.1, -0.05) is 13.8 Å². The minimum Gasteiger partial charge on any atom is -0.397 e. The van der Waals surface area contributed by atoms with Crippen molar-refractivity contribution in [3.05, 3.63) is 18.2 Å². The Morgan fingerprint density at radius 2 is 2.00 bits per heavy atom. The molecule has 0 aromatic heterocycles. The maximum absolute atomic E-state index is 11.9. The van der Waals surface area contributed by atoms with Crippen LogP contribution < -0.4 is 21.1 Å². The summed E-state index contributed by atoms with van der Waals surface area (Å²) >= 11 is 0. The molecule has 7 nitrogen and oxygen atoms in total. The van der Waals surface area contributed by atoms with Gasteiger partial charge < -0.3 is 16.4 Å². The molecule has 118 valence electrons. The summed E-state index contributed by atoms with van der Waals surface area (Å²) in [5.41, 5.74) is 6.58. The van der Waals surface area contributed by atoms with Gasteiger partial charge >= 0.3 is 0 Å². The zero-order valence-corrected chi connectivity index (χ0v) is 13.1. The molecule has 0 aliphatic carbocycles. The van der Waals surface area contributed by atoms with Crippen LogP contribution in [0.2, 0.25) is 0 Å². The lowest BCUT2D eigenvalue weighted by Gasteiger charge is -2.12. The Kier molecular flexibility index (Phi) is 6.44. The second-order valence-corrected chi connectivity index (χ2v) is 6.22. The van der Waals surface area contributed by atoms with E-state index in [4.69, 9.17) is 5.73 Å². The second kappa shape index (κ2) is 7.84. The molecule has 1 aromatic rings. The quantitative estimate of drug-likeness (QED) is 0.522. The third-order valence-electron chi connectivity index (χ3n) is 2.68. The van der Waals surface area contributed by atoms with Gasteiger partial charge in [-0.25, -0.2) is 13.1 Å². The fourth-order valence-corrected chi connectivity index (χ4v) is 2.70. The van der Waals surface area contributed by atoms with Crippen LogP contribution in [0.4, 0.5) is 11.4 Å². The number of nitrogens with two attached hydrogens (primary N) is 1. The highest BCUT2D eigenvalue weighted by atomic mass is 32.2. The van der Waals surface area contributed by atoms with E-state index in [1.54, 1.807) is 6.92 Å². The summed E-state index contributed by atoms with van der Waals surface area (Å²) in [6.45, 7) is 4.60. The molecular formula is C13H22N4O3S. The number of carbonyl (C=O) groups excluding carboxylic acids is 1. The molecule has 0 fully saturated rings. The van der Waals surface area contributed by atoms with Gasteiger partial charge in [0, 0.05) is 13.1 Å². The SMILES string of the molecule is CCCNC(=O)CNc1cc(S(=O)(=O)NCC)ccc1N. The predicted octanol–water partition coefficient (Wildman–Crippen LogP) is 0.505. The van der Waals surface area contributed by atoms with Crippen molar-refractivity contribution < 1.29 is 13.2 Å². The van der Waals surface area contributed by atoms with Crippen LogP contribution in [-0.2, 0) is 14.8 Å². The number of rotatable bonds is 8. The van der Waals surface area contributed by atoms with Gasteiger partial charge in [-0.15, -0.1) is 0 Å². The number of carbonyl (C=O) groups is 1. The van der Waals surface area contributed by atoms with Gasteiger partial charge in [-0.05, 0) is 24.6 Å². The van der Waals surface area contributed by atoms with Crippen LogP contribution in [0, 0.1) is 0 Å². The molecular weight excluding hydrogens is 292 g/mol. The Bertz CT molecular complexity index is 587. The van der Waals surface area contributed by atoms with E-state index < -0.39 is 10.0 Å². The molecule has 21 heavy (non-hydrogen) atoms. The summed E-state index contributed by atoms with van der Waals surface area (Å²) in [4.78, 5) is 11.6. The van der Waals surface area contributed by atoms with Crippen molar-refractivity contribution in [2.24, 2.45) is 0 Å². The molecule has 5 N–H and O–H groups in total. The average Bonchev–Trinajstić information content (AvgIpc) is 2.43. The molecule has 0 radical (unpaired) electrons. The fourth-order valence-electron chi connectivity index (χ4n) is 1.63. The van der Waals surface area contributed by atoms with Gasteiger partial charge in [0.1, 0.15) is 0 Å². The molecule has 1 amide bonds. The van der Waals surface area contributed by atoms with Gasteiger partial charge in [0.2, 0.25) is 15.9 Å². The number of nitrogen functional groups attached to an aromatic ring is 1. The monoisotopic (exact) mass is 314 g/mol. The van der Waals surface area contributed by atoms with E-state index in [1.165, 1.54) is 18.2 Å². The van der Waals surface area contributed by atoms with E-state index in [1.807, 2.05) is 6.92 Å². The summed E-state index contributed by atoms with van der Waals surface area (Å²) in [7, 11) is -3.55. The normalized spacial score (nSPS) is 11.1. The van der Waals surface area contributed by atoms with Crippen LogP contribution >= 0.6 is 0 Å². The Balaban J connectivity index is 2.81. The highest BCUT2D eigenvalue weighted by molar-refractivity contribution is 7.89. The lowest BCUT2D eigenvalue weighted by molar-refractivity contribution is -0.119. The zero-order chi connectivity index (χ0) is 15.9. The van der Waals surface area contributed by atoms with E-state index in [0.29, 0.717) is 24.5 Å². The van der Waals surface area contributed by atoms with Gasteiger partial charge in [0.15, 0.2) is 0 Å². The Morgan fingerprint density at radius 3 is 2.62 bits per heavy atom. The van der Waals surface area contributed by atoms with Crippen LogP contribution in [-0.4, -0.2) is 34.0 Å². The van der Waals surface area contributed by atoms with Gasteiger partial charge in [0.25, 0.3) is 0 Å².